The Kier molecular flexibility index (Phi) is 5.51. The number of para-hydroxylation sites is 2. The smallest absolute Gasteiger partial charge is 0.387 e. The van der Waals surface area contributed by atoms with Gasteiger partial charge in [0.05, 0.1) is 12.2 Å². The van der Waals surface area contributed by atoms with Gasteiger partial charge >= 0.3 is 6.61 Å². The van der Waals surface area contributed by atoms with Gasteiger partial charge < -0.3 is 15.4 Å². The fourth-order valence-electron chi connectivity index (χ4n) is 2.22. The molecule has 0 spiro atoms. The predicted molar refractivity (Wildman–Crippen MR) is 86.1 cm³/mol. The number of aryl methyl sites for hydroxylation is 2. The maximum Gasteiger partial charge on any atom is 0.387 e. The van der Waals surface area contributed by atoms with Crippen molar-refractivity contribution >= 4 is 17.3 Å². The number of benzene rings is 2. The van der Waals surface area contributed by atoms with Crippen LogP contribution in [0.4, 0.5) is 20.2 Å². The minimum absolute atomic E-state index is 0.0197. The van der Waals surface area contributed by atoms with Gasteiger partial charge in [-0.2, -0.15) is 8.78 Å². The third kappa shape index (κ3) is 5.25. The molecule has 0 bridgehead atoms. The molecule has 0 aliphatic carbocycles. The second-order valence-corrected chi connectivity index (χ2v) is 5.15. The summed E-state index contributed by atoms with van der Waals surface area (Å²) in [6.07, 6.45) is 0. The largest absolute Gasteiger partial charge is 0.433 e. The zero-order valence-electron chi connectivity index (χ0n) is 12.9. The Bertz CT molecular complexity index is 670. The van der Waals surface area contributed by atoms with Crippen LogP contribution >= 0.6 is 0 Å². The van der Waals surface area contributed by atoms with Gasteiger partial charge in [0.25, 0.3) is 0 Å². The number of alkyl halides is 2. The highest BCUT2D eigenvalue weighted by Crippen LogP contribution is 2.25. The summed E-state index contributed by atoms with van der Waals surface area (Å²) in [5.74, 6) is -0.420. The minimum atomic E-state index is -2.94. The van der Waals surface area contributed by atoms with Crippen molar-refractivity contribution < 1.29 is 18.3 Å². The van der Waals surface area contributed by atoms with Crippen LogP contribution < -0.4 is 15.4 Å². The third-order valence-electron chi connectivity index (χ3n) is 3.05. The lowest BCUT2D eigenvalue weighted by atomic mass is 10.1. The second kappa shape index (κ2) is 7.58. The Labute approximate surface area is 133 Å². The summed E-state index contributed by atoms with van der Waals surface area (Å²) < 4.78 is 29.0. The molecule has 0 aliphatic heterocycles. The van der Waals surface area contributed by atoms with Crippen LogP contribution in [0, 0.1) is 13.8 Å². The Morgan fingerprint density at radius 3 is 2.43 bits per heavy atom. The first kappa shape index (κ1) is 16.7. The van der Waals surface area contributed by atoms with Crippen molar-refractivity contribution in [3.8, 4) is 5.75 Å². The van der Waals surface area contributed by atoms with E-state index >= 15 is 0 Å². The molecule has 2 aromatic rings. The number of carbonyl (C=O) groups is 1. The van der Waals surface area contributed by atoms with Crippen molar-refractivity contribution in [2.75, 3.05) is 17.2 Å². The predicted octanol–water partition coefficient (Wildman–Crippen LogP) is 3.96. The molecule has 0 saturated carbocycles. The van der Waals surface area contributed by atoms with Gasteiger partial charge in [0.15, 0.2) is 0 Å². The fourth-order valence-corrected chi connectivity index (χ4v) is 2.22. The Hall–Kier alpha value is -2.63. The van der Waals surface area contributed by atoms with E-state index in [0.29, 0.717) is 0 Å². The molecule has 0 heterocycles. The molecule has 122 valence electrons. The van der Waals surface area contributed by atoms with E-state index < -0.39 is 6.61 Å². The van der Waals surface area contributed by atoms with Gasteiger partial charge in [-0.05, 0) is 49.2 Å². The molecule has 0 saturated heterocycles. The first-order valence-corrected chi connectivity index (χ1v) is 7.10. The van der Waals surface area contributed by atoms with Gasteiger partial charge in [0.1, 0.15) is 5.75 Å². The van der Waals surface area contributed by atoms with Crippen molar-refractivity contribution in [2.24, 2.45) is 0 Å². The van der Waals surface area contributed by atoms with Crippen LogP contribution in [-0.4, -0.2) is 19.1 Å². The highest BCUT2D eigenvalue weighted by molar-refractivity contribution is 5.95. The van der Waals surface area contributed by atoms with Gasteiger partial charge in [-0.1, -0.05) is 18.2 Å². The SMILES string of the molecule is Cc1cc(C)cc(NCC(=O)Nc2ccccc2OC(F)F)c1. The molecular weight excluding hydrogens is 302 g/mol. The highest BCUT2D eigenvalue weighted by atomic mass is 19.3. The van der Waals surface area contributed by atoms with E-state index in [9.17, 15) is 13.6 Å². The number of carbonyl (C=O) groups excluding carboxylic acids is 1. The van der Waals surface area contributed by atoms with Gasteiger partial charge in [-0.15, -0.1) is 0 Å². The van der Waals surface area contributed by atoms with Gasteiger partial charge in [-0.3, -0.25) is 4.79 Å². The van der Waals surface area contributed by atoms with Crippen LogP contribution in [0.15, 0.2) is 42.5 Å². The molecule has 0 radical (unpaired) electrons. The monoisotopic (exact) mass is 320 g/mol. The summed E-state index contributed by atoms with van der Waals surface area (Å²) in [5, 5.41) is 5.56. The number of hydrogen-bond acceptors (Lipinski definition) is 3. The summed E-state index contributed by atoms with van der Waals surface area (Å²) in [4.78, 5) is 12.0. The number of anilines is 2. The molecule has 0 unspecified atom stereocenters. The molecule has 0 fully saturated rings. The van der Waals surface area contributed by atoms with E-state index in [-0.39, 0.29) is 23.9 Å². The number of hydrogen-bond donors (Lipinski definition) is 2. The van der Waals surface area contributed by atoms with E-state index in [1.54, 1.807) is 12.1 Å². The first-order valence-electron chi connectivity index (χ1n) is 7.10. The molecule has 2 aromatic carbocycles. The van der Waals surface area contributed by atoms with E-state index in [1.807, 2.05) is 32.0 Å². The normalized spacial score (nSPS) is 10.5. The van der Waals surface area contributed by atoms with Gasteiger partial charge in [0.2, 0.25) is 5.91 Å². The lowest BCUT2D eigenvalue weighted by Crippen LogP contribution is -2.22. The summed E-state index contributed by atoms with van der Waals surface area (Å²) in [6, 6.07) is 11.9. The third-order valence-corrected chi connectivity index (χ3v) is 3.05. The molecule has 4 nitrogen and oxygen atoms in total. The molecule has 1 amide bonds. The van der Waals surface area contributed by atoms with E-state index in [2.05, 4.69) is 15.4 Å². The second-order valence-electron chi connectivity index (χ2n) is 5.15. The minimum Gasteiger partial charge on any atom is -0.433 e. The molecular formula is C17H18F2N2O2. The molecule has 0 atom stereocenters. The maximum atomic E-state index is 12.3. The van der Waals surface area contributed by atoms with Crippen LogP contribution in [0.2, 0.25) is 0 Å². The number of nitrogens with one attached hydrogen (secondary N) is 2. The van der Waals surface area contributed by atoms with Crippen LogP contribution in [0.25, 0.3) is 0 Å². The number of ether oxygens (including phenoxy) is 1. The Morgan fingerprint density at radius 2 is 1.78 bits per heavy atom. The molecule has 0 aromatic heterocycles. The van der Waals surface area contributed by atoms with Crippen molar-refractivity contribution in [1.29, 1.82) is 0 Å². The maximum absolute atomic E-state index is 12.3. The summed E-state index contributed by atoms with van der Waals surface area (Å²) in [7, 11) is 0. The lowest BCUT2D eigenvalue weighted by molar-refractivity contribution is -0.114. The topological polar surface area (TPSA) is 50.4 Å². The zero-order chi connectivity index (χ0) is 16.8. The number of rotatable bonds is 6. The standard InChI is InChI=1S/C17H18F2N2O2/c1-11-7-12(2)9-13(8-11)20-10-16(22)21-14-5-3-4-6-15(14)23-17(18)19/h3-9,17,20H,10H2,1-2H3,(H,21,22). The van der Waals surface area contributed by atoms with Crippen LogP contribution in [-0.2, 0) is 4.79 Å². The quantitative estimate of drug-likeness (QED) is 0.847. The molecule has 6 heteroatoms. The lowest BCUT2D eigenvalue weighted by Gasteiger charge is -2.12. The average Bonchev–Trinajstić information content (AvgIpc) is 2.46. The van der Waals surface area contributed by atoms with Crippen LogP contribution in [0.5, 0.6) is 5.75 Å². The fraction of sp³-hybridized carbons (Fsp3) is 0.235. The summed E-state index contributed by atoms with van der Waals surface area (Å²) in [5.41, 5.74) is 3.21. The van der Waals surface area contributed by atoms with Crippen molar-refractivity contribution in [3.05, 3.63) is 53.6 Å². The zero-order valence-corrected chi connectivity index (χ0v) is 12.9. The molecule has 23 heavy (non-hydrogen) atoms. The highest BCUT2D eigenvalue weighted by Gasteiger charge is 2.11. The van der Waals surface area contributed by atoms with Gasteiger partial charge in [-0.25, -0.2) is 0 Å². The van der Waals surface area contributed by atoms with E-state index in [4.69, 9.17) is 0 Å². The molecule has 2 rings (SSSR count). The van der Waals surface area contributed by atoms with E-state index in [1.165, 1.54) is 12.1 Å². The Morgan fingerprint density at radius 1 is 1.13 bits per heavy atom. The van der Waals surface area contributed by atoms with E-state index in [0.717, 1.165) is 16.8 Å². The number of amides is 1. The van der Waals surface area contributed by atoms with Crippen molar-refractivity contribution in [3.63, 3.8) is 0 Å². The molecule has 0 aliphatic rings. The van der Waals surface area contributed by atoms with Crippen molar-refractivity contribution in [2.45, 2.75) is 20.5 Å². The molecule has 2 N–H and O–H groups in total. The summed E-state index contributed by atoms with van der Waals surface area (Å²) >= 11 is 0. The average molecular weight is 320 g/mol. The first-order chi connectivity index (χ1) is 10.9. The number of halogens is 2. The van der Waals surface area contributed by atoms with Crippen LogP contribution in [0.1, 0.15) is 11.1 Å². The Balaban J connectivity index is 1.97. The van der Waals surface area contributed by atoms with Crippen LogP contribution in [0.3, 0.4) is 0 Å². The van der Waals surface area contributed by atoms with Gasteiger partial charge in [0, 0.05) is 5.69 Å². The van der Waals surface area contributed by atoms with Crippen molar-refractivity contribution in [1.82, 2.24) is 0 Å². The summed E-state index contributed by atoms with van der Waals surface area (Å²) in [6.45, 7) is 1.01.